The van der Waals surface area contributed by atoms with Gasteiger partial charge in [0.15, 0.2) is 0 Å². The molecule has 2 N–H and O–H groups in total. The van der Waals surface area contributed by atoms with Crippen molar-refractivity contribution in [3.05, 3.63) is 96.7 Å². The lowest BCUT2D eigenvalue weighted by atomic mass is 10.00. The zero-order valence-corrected chi connectivity index (χ0v) is 13.0. The lowest BCUT2D eigenvalue weighted by Gasteiger charge is -2.05. The van der Waals surface area contributed by atoms with Crippen LogP contribution >= 0.6 is 0 Å². The van der Waals surface area contributed by atoms with Gasteiger partial charge in [0.05, 0.1) is 5.56 Å². The topological polar surface area (TPSA) is 53.1 Å². The molecule has 4 aromatic rings. The molecule has 0 bridgehead atoms. The molecule has 0 fully saturated rings. The first-order chi connectivity index (χ1) is 11.8. The maximum atomic E-state index is 11.0. The third-order valence-electron chi connectivity index (χ3n) is 3.70. The quantitative estimate of drug-likeness (QED) is 0.533. The van der Waals surface area contributed by atoms with E-state index in [0.29, 0.717) is 5.56 Å². The number of carboxylic acids is 1. The third-order valence-corrected chi connectivity index (χ3v) is 3.70. The van der Waals surface area contributed by atoms with Gasteiger partial charge in [0.25, 0.3) is 0 Å². The van der Waals surface area contributed by atoms with Crippen LogP contribution < -0.4 is 0 Å². The number of benzene rings is 3. The van der Waals surface area contributed by atoms with Crippen LogP contribution in [0.3, 0.4) is 0 Å². The monoisotopic (exact) mass is 315 g/mol. The number of aromatic nitrogens is 1. The van der Waals surface area contributed by atoms with Crippen LogP contribution in [0.2, 0.25) is 0 Å². The van der Waals surface area contributed by atoms with Crippen molar-refractivity contribution in [1.29, 1.82) is 0 Å². The maximum absolute atomic E-state index is 11.0. The van der Waals surface area contributed by atoms with Gasteiger partial charge in [-0.3, -0.25) is 0 Å². The number of hydrogen-bond acceptors (Lipinski definition) is 1. The molecule has 3 nitrogen and oxygen atoms in total. The van der Waals surface area contributed by atoms with Gasteiger partial charge in [-0.2, -0.15) is 0 Å². The molecule has 3 heteroatoms. The van der Waals surface area contributed by atoms with Crippen molar-refractivity contribution in [2.24, 2.45) is 0 Å². The Morgan fingerprint density at radius 1 is 0.750 bits per heavy atom. The van der Waals surface area contributed by atoms with Crippen LogP contribution in [-0.2, 0) is 0 Å². The van der Waals surface area contributed by atoms with Crippen molar-refractivity contribution < 1.29 is 9.90 Å². The number of fused-ring (bicyclic) bond motifs is 1. The Bertz CT molecular complexity index is 912. The Kier molecular flexibility index (Phi) is 4.73. The molecule has 0 saturated carbocycles. The Labute approximate surface area is 140 Å². The van der Waals surface area contributed by atoms with E-state index in [1.165, 1.54) is 10.9 Å². The highest BCUT2D eigenvalue weighted by Gasteiger charge is 2.09. The summed E-state index contributed by atoms with van der Waals surface area (Å²) in [6, 6.07) is 26.8. The predicted molar refractivity (Wildman–Crippen MR) is 97.1 cm³/mol. The van der Waals surface area contributed by atoms with Crippen LogP contribution in [0.15, 0.2) is 91.1 Å². The number of rotatable bonds is 2. The molecule has 0 unspecified atom stereocenters. The molecule has 0 atom stereocenters. The van der Waals surface area contributed by atoms with Crippen LogP contribution in [-0.4, -0.2) is 16.1 Å². The summed E-state index contributed by atoms with van der Waals surface area (Å²) in [6.45, 7) is 0. The molecule has 24 heavy (non-hydrogen) atoms. The molecule has 1 heterocycles. The Hall–Kier alpha value is -3.33. The van der Waals surface area contributed by atoms with Gasteiger partial charge in [-0.15, -0.1) is 0 Å². The average molecular weight is 315 g/mol. The standard InChI is InChI=1S/C13H10O2.C8H7N/c14-13(15)12-9-5-4-8-11(12)10-6-2-1-3-7-10;1-2-4-8-7(3-1)5-6-9-8/h1-9H,(H,14,15);1-6,9H. The Morgan fingerprint density at radius 2 is 1.42 bits per heavy atom. The van der Waals surface area contributed by atoms with Crippen molar-refractivity contribution in [1.82, 2.24) is 4.98 Å². The Balaban J connectivity index is 0.000000159. The van der Waals surface area contributed by atoms with E-state index in [-0.39, 0.29) is 0 Å². The van der Waals surface area contributed by atoms with Crippen molar-refractivity contribution in [3.8, 4) is 11.1 Å². The highest BCUT2D eigenvalue weighted by molar-refractivity contribution is 5.95. The van der Waals surface area contributed by atoms with Crippen LogP contribution in [0.25, 0.3) is 22.0 Å². The first-order valence-electron chi connectivity index (χ1n) is 7.65. The number of aromatic amines is 1. The smallest absolute Gasteiger partial charge is 0.336 e. The number of hydrogen-bond donors (Lipinski definition) is 2. The van der Waals surface area contributed by atoms with Crippen molar-refractivity contribution in [2.75, 3.05) is 0 Å². The molecular formula is C21H17NO2. The first-order valence-corrected chi connectivity index (χ1v) is 7.65. The summed E-state index contributed by atoms with van der Waals surface area (Å²) < 4.78 is 0. The number of H-pyrrole nitrogens is 1. The van der Waals surface area contributed by atoms with E-state index < -0.39 is 5.97 Å². The van der Waals surface area contributed by atoms with Crippen molar-refractivity contribution in [2.45, 2.75) is 0 Å². The first kappa shape index (κ1) is 15.6. The number of para-hydroxylation sites is 1. The van der Waals surface area contributed by atoms with E-state index in [4.69, 9.17) is 5.11 Å². The van der Waals surface area contributed by atoms with Gasteiger partial charge in [0.2, 0.25) is 0 Å². The van der Waals surface area contributed by atoms with Crippen molar-refractivity contribution >= 4 is 16.9 Å². The third kappa shape index (κ3) is 3.52. The van der Waals surface area contributed by atoms with E-state index in [9.17, 15) is 4.79 Å². The minimum absolute atomic E-state index is 0.337. The largest absolute Gasteiger partial charge is 0.478 e. The number of carboxylic acid groups (broad SMARTS) is 1. The summed E-state index contributed by atoms with van der Waals surface area (Å²) in [5.74, 6) is -0.894. The lowest BCUT2D eigenvalue weighted by Crippen LogP contribution is -1.98. The fourth-order valence-electron chi connectivity index (χ4n) is 2.53. The molecule has 0 aliphatic heterocycles. The molecule has 1 aromatic heterocycles. The molecule has 0 amide bonds. The molecule has 118 valence electrons. The predicted octanol–water partition coefficient (Wildman–Crippen LogP) is 5.22. The van der Waals surface area contributed by atoms with E-state index in [1.807, 2.05) is 60.8 Å². The summed E-state index contributed by atoms with van der Waals surface area (Å²) in [7, 11) is 0. The van der Waals surface area contributed by atoms with Gasteiger partial charge in [-0.25, -0.2) is 4.79 Å². The average Bonchev–Trinajstić information content (AvgIpc) is 3.12. The molecule has 0 saturated heterocycles. The van der Waals surface area contributed by atoms with Crippen LogP contribution in [0, 0.1) is 0 Å². The van der Waals surface area contributed by atoms with Crippen LogP contribution in [0.4, 0.5) is 0 Å². The summed E-state index contributed by atoms with van der Waals surface area (Å²) in [4.78, 5) is 14.1. The van der Waals surface area contributed by atoms with E-state index in [1.54, 1.807) is 12.1 Å². The van der Waals surface area contributed by atoms with E-state index in [0.717, 1.165) is 11.1 Å². The number of carbonyl (C=O) groups is 1. The van der Waals surface area contributed by atoms with Crippen molar-refractivity contribution in [3.63, 3.8) is 0 Å². The maximum Gasteiger partial charge on any atom is 0.336 e. The minimum Gasteiger partial charge on any atom is -0.478 e. The summed E-state index contributed by atoms with van der Waals surface area (Å²) in [6.07, 6.45) is 1.95. The molecule has 0 aliphatic rings. The minimum atomic E-state index is -0.894. The van der Waals surface area contributed by atoms with Gasteiger partial charge < -0.3 is 10.1 Å². The van der Waals surface area contributed by atoms with Gasteiger partial charge >= 0.3 is 5.97 Å². The Morgan fingerprint density at radius 3 is 2.17 bits per heavy atom. The van der Waals surface area contributed by atoms with Crippen LogP contribution in [0.5, 0.6) is 0 Å². The van der Waals surface area contributed by atoms with Gasteiger partial charge in [0.1, 0.15) is 0 Å². The highest BCUT2D eigenvalue weighted by atomic mass is 16.4. The summed E-state index contributed by atoms with van der Waals surface area (Å²) >= 11 is 0. The fourth-order valence-corrected chi connectivity index (χ4v) is 2.53. The SMILES string of the molecule is O=C(O)c1ccccc1-c1ccccc1.c1ccc2[nH]ccc2c1. The zero-order valence-electron chi connectivity index (χ0n) is 13.0. The second-order valence-electron chi connectivity index (χ2n) is 5.28. The van der Waals surface area contributed by atoms with E-state index >= 15 is 0 Å². The number of aromatic carboxylic acids is 1. The van der Waals surface area contributed by atoms with E-state index in [2.05, 4.69) is 23.2 Å². The fraction of sp³-hybridized carbons (Fsp3) is 0. The second kappa shape index (κ2) is 7.29. The molecule has 0 spiro atoms. The molecule has 0 aliphatic carbocycles. The molecule has 3 aromatic carbocycles. The van der Waals surface area contributed by atoms with Gasteiger partial charge in [-0.1, -0.05) is 66.7 Å². The summed E-state index contributed by atoms with van der Waals surface area (Å²) in [5, 5.41) is 10.3. The molecule has 4 rings (SSSR count). The highest BCUT2D eigenvalue weighted by Crippen LogP contribution is 2.23. The summed E-state index contributed by atoms with van der Waals surface area (Å²) in [5.41, 5.74) is 3.22. The normalized spacial score (nSPS) is 10.0. The second-order valence-corrected chi connectivity index (χ2v) is 5.28. The zero-order chi connectivity index (χ0) is 16.8. The molecular weight excluding hydrogens is 298 g/mol. The lowest BCUT2D eigenvalue weighted by molar-refractivity contribution is 0.0697. The number of nitrogens with one attached hydrogen (secondary N) is 1. The van der Waals surface area contributed by atoms with Gasteiger partial charge in [0, 0.05) is 11.7 Å². The molecule has 0 radical (unpaired) electrons. The van der Waals surface area contributed by atoms with Crippen LogP contribution in [0.1, 0.15) is 10.4 Å². The van der Waals surface area contributed by atoms with Gasteiger partial charge in [-0.05, 0) is 34.7 Å².